The van der Waals surface area contributed by atoms with Crippen molar-refractivity contribution in [1.29, 1.82) is 0 Å². The number of aromatic hydroxyl groups is 2. The molecule has 8 aromatic carbocycles. The first-order valence-corrected chi connectivity index (χ1v) is 48.7. The molecule has 10 atom stereocenters. The molecule has 8 bridgehead atoms. The molecule has 10 nitrogen and oxygen atoms in total. The van der Waals surface area contributed by atoms with E-state index in [0.29, 0.717) is 71.6 Å². The second-order valence-electron chi connectivity index (χ2n) is 39.3. The van der Waals surface area contributed by atoms with Gasteiger partial charge in [-0.3, -0.25) is 0 Å². The third-order valence-electron chi connectivity index (χ3n) is 29.1. The lowest BCUT2D eigenvalue weighted by Crippen LogP contribution is -2.54. The number of hydrogen-bond donors (Lipinski definition) is 2. The summed E-state index contributed by atoms with van der Waals surface area (Å²) in [5.74, 6) is 15.6. The third kappa shape index (κ3) is 27.5. The number of phenols is 2. The monoisotopic (exact) mass is 1680 g/mol. The van der Waals surface area contributed by atoms with Gasteiger partial charge in [0.2, 0.25) is 12.6 Å². The Morgan fingerprint density at radius 2 is 0.683 bits per heavy atom. The summed E-state index contributed by atoms with van der Waals surface area (Å²) in [6, 6.07) is 66.4. The van der Waals surface area contributed by atoms with Crippen LogP contribution in [0.2, 0.25) is 0 Å². The number of phenolic OH excluding ortho intramolecular Hbond substituents is 2. The van der Waals surface area contributed by atoms with E-state index >= 15 is 0 Å². The highest BCUT2D eigenvalue weighted by atomic mass is 16.7. The van der Waals surface area contributed by atoms with Crippen LogP contribution in [0.3, 0.4) is 0 Å². The van der Waals surface area contributed by atoms with Crippen LogP contribution in [0.4, 0.5) is 0 Å². The zero-order valence-electron chi connectivity index (χ0n) is 78.8. The first-order chi connectivity index (χ1) is 59.3. The van der Waals surface area contributed by atoms with Crippen LogP contribution in [0.25, 0.3) is 11.1 Å². The van der Waals surface area contributed by atoms with Crippen LogP contribution in [0.15, 0.2) is 194 Å². The van der Waals surface area contributed by atoms with Gasteiger partial charge in [-0.1, -0.05) is 238 Å². The zero-order chi connectivity index (χ0) is 87.7. The fraction of sp³-hybridized carbons (Fsp3) is 0.575. The summed E-state index contributed by atoms with van der Waals surface area (Å²) in [6.07, 6.45) is 28.8. The molecule has 0 saturated heterocycles. The predicted octanol–water partition coefficient (Wildman–Crippen LogP) is 31.0. The fourth-order valence-electron chi connectivity index (χ4n) is 21.2. The lowest BCUT2D eigenvalue weighted by atomic mass is 9.49. The molecule has 0 radical (unpaired) electrons. The second-order valence-corrected chi connectivity index (χ2v) is 39.3. The summed E-state index contributed by atoms with van der Waals surface area (Å²) >= 11 is 0. The Kier molecular flexibility index (Phi) is 36.9. The first kappa shape index (κ1) is 96.0. The van der Waals surface area contributed by atoms with Gasteiger partial charge in [0.25, 0.3) is 0 Å². The van der Waals surface area contributed by atoms with E-state index in [1.807, 2.05) is 43.3 Å². The minimum atomic E-state index is -0.297. The van der Waals surface area contributed by atoms with Crippen molar-refractivity contribution in [2.24, 2.45) is 58.7 Å². The Morgan fingerprint density at radius 1 is 0.350 bits per heavy atom. The minimum Gasteiger partial charge on any atom is -0.508 e. The van der Waals surface area contributed by atoms with Crippen molar-refractivity contribution in [3.05, 3.63) is 239 Å². The van der Waals surface area contributed by atoms with Crippen molar-refractivity contribution in [2.45, 2.75) is 345 Å². The van der Waals surface area contributed by atoms with Gasteiger partial charge in [0.15, 0.2) is 12.6 Å². The highest BCUT2D eigenvalue weighted by Gasteiger charge is 2.56. The van der Waals surface area contributed by atoms with Crippen LogP contribution in [0.5, 0.6) is 34.5 Å². The second kappa shape index (κ2) is 47.3. The standard InChI is InChI=1S/C26H28O2.C24H36O2.C22H32O2.C21H34O2.2C10H14O/c1-4-18(2)20-13-15-21(16-14-20)28-19(3)27-17-26-24-11-7-5-9-22(24)23-10-6-8-12-25(23)26;1-5-17(4)21-6-8-22(9-7-21)26-23(25-16(2)3)24-13-18-10-19(14-24)12-20(11-18)15-24;1-4-14(2)18-5-7-21(8-6-18)23-15(3)24-22-19-10-16-9-17(12-19)13-20(22)11-16;1-5-17(4)18-11-13-20(14-12-18)23-21(22-15-16(2)3)19-9-7-6-8-10-19;2*1-3-8(2)9-4-6-10(11)7-5-9/h5-16,18-19,26H,4,17H2,1-3H3;6-9,16-20,23H,5,10-15H2,1-4H3;5-8,14-17,19-20,22H,4,9-13H2,1-3H3;11-14,16-17,19,21H,5-10,15H2,1-4H3;2*4-8,11H,3H2,1-2H3. The highest BCUT2D eigenvalue weighted by molar-refractivity contribution is 5.78. The SMILES string of the molecule is CCC(C)c1ccc(O)cc1.CCC(C)c1ccc(O)cc1.CCC(C)c1ccc(OC(C)OC2C3CC4CC(C3)CC2C4)cc1.CCC(C)c1ccc(OC(C)OCC2c3ccccc3-c3ccccc32)cc1.CCC(C)c1ccc(OC(OC(C)C)C23CC4CC(CC(C4)C2)C3)cc1.CCC(C)c1ccc(OC(OCC(C)C)C2CCCCC2)cc1. The lowest BCUT2D eigenvalue weighted by molar-refractivity contribution is -0.227. The summed E-state index contributed by atoms with van der Waals surface area (Å²) in [5.41, 5.74) is 13.7. The van der Waals surface area contributed by atoms with E-state index in [1.165, 1.54) is 178 Å². The van der Waals surface area contributed by atoms with E-state index in [9.17, 15) is 0 Å². The van der Waals surface area contributed by atoms with Gasteiger partial charge in [-0.25, -0.2) is 0 Å². The normalized spacial score (nSPS) is 23.7. The molecule has 0 aliphatic heterocycles. The van der Waals surface area contributed by atoms with Crippen molar-refractivity contribution < 1.29 is 48.1 Å². The van der Waals surface area contributed by atoms with Crippen LogP contribution in [0.1, 0.15) is 352 Å². The maximum Gasteiger partial charge on any atom is 0.205 e. The van der Waals surface area contributed by atoms with Crippen molar-refractivity contribution in [1.82, 2.24) is 0 Å². The molecule has 123 heavy (non-hydrogen) atoms. The molecule has 670 valence electrons. The molecule has 2 N–H and O–H groups in total. The quantitative estimate of drug-likeness (QED) is 0.0395. The van der Waals surface area contributed by atoms with Gasteiger partial charge in [-0.2, -0.15) is 0 Å². The molecule has 9 fully saturated rings. The summed E-state index contributed by atoms with van der Waals surface area (Å²) in [7, 11) is 0. The molecule has 8 aromatic rings. The maximum atomic E-state index is 9.01. The Hall–Kier alpha value is -7.60. The smallest absolute Gasteiger partial charge is 0.205 e. The van der Waals surface area contributed by atoms with Crippen LogP contribution >= 0.6 is 0 Å². The van der Waals surface area contributed by atoms with Crippen molar-refractivity contribution in [2.75, 3.05) is 13.2 Å². The van der Waals surface area contributed by atoms with E-state index in [0.717, 1.165) is 90.3 Å². The van der Waals surface area contributed by atoms with Gasteiger partial charge in [0.05, 0.1) is 25.4 Å². The van der Waals surface area contributed by atoms with Crippen molar-refractivity contribution in [3.8, 4) is 45.6 Å². The number of benzene rings is 8. The topological polar surface area (TPSA) is 114 Å². The number of hydrogen-bond acceptors (Lipinski definition) is 10. The number of fused-ring (bicyclic) bond motifs is 3. The first-order valence-electron chi connectivity index (χ1n) is 48.7. The van der Waals surface area contributed by atoms with Gasteiger partial charge in [0, 0.05) is 17.3 Å². The van der Waals surface area contributed by atoms with E-state index in [2.05, 4.69) is 251 Å². The molecule has 9 saturated carbocycles. The Balaban J connectivity index is 0.000000148. The Morgan fingerprint density at radius 3 is 1.04 bits per heavy atom. The lowest BCUT2D eigenvalue weighted by Gasteiger charge is -2.58. The third-order valence-corrected chi connectivity index (χ3v) is 29.1. The fourth-order valence-corrected chi connectivity index (χ4v) is 21.2. The van der Waals surface area contributed by atoms with Gasteiger partial charge in [0.1, 0.15) is 34.5 Å². The molecule has 0 heterocycles. The van der Waals surface area contributed by atoms with Gasteiger partial charge in [-0.05, 0) is 361 Å². The minimum absolute atomic E-state index is 0.0906. The average molecular weight is 1680 g/mol. The molecule has 10 unspecified atom stereocenters. The molecular weight excluding hydrogens is 1520 g/mol. The van der Waals surface area contributed by atoms with E-state index < -0.39 is 0 Å². The van der Waals surface area contributed by atoms with E-state index in [4.69, 9.17) is 48.1 Å². The largest absolute Gasteiger partial charge is 0.508 e. The van der Waals surface area contributed by atoms with Crippen molar-refractivity contribution >= 4 is 0 Å². The van der Waals surface area contributed by atoms with Crippen LogP contribution < -0.4 is 18.9 Å². The summed E-state index contributed by atoms with van der Waals surface area (Å²) < 4.78 is 49.9. The van der Waals surface area contributed by atoms with E-state index in [1.54, 1.807) is 24.3 Å². The van der Waals surface area contributed by atoms with Gasteiger partial charge in [-0.15, -0.1) is 0 Å². The van der Waals surface area contributed by atoms with Gasteiger partial charge < -0.3 is 48.1 Å². The summed E-state index contributed by atoms with van der Waals surface area (Å²) in [4.78, 5) is 0. The molecule has 0 amide bonds. The number of ether oxygens (including phenoxy) is 8. The van der Waals surface area contributed by atoms with Crippen LogP contribution in [-0.4, -0.2) is 60.8 Å². The van der Waals surface area contributed by atoms with Crippen LogP contribution in [0, 0.1) is 58.7 Å². The summed E-state index contributed by atoms with van der Waals surface area (Å²) in [6.45, 7) is 40.8. The van der Waals surface area contributed by atoms with Gasteiger partial charge >= 0.3 is 0 Å². The molecule has 10 heteroatoms. The average Bonchev–Trinajstić information content (AvgIpc) is 1.39. The molecular formula is C113H158O10. The van der Waals surface area contributed by atoms with Crippen molar-refractivity contribution in [3.63, 3.8) is 0 Å². The zero-order valence-corrected chi connectivity index (χ0v) is 78.8. The molecule has 10 aliphatic carbocycles. The van der Waals surface area contributed by atoms with E-state index in [-0.39, 0.29) is 42.6 Å². The molecule has 0 spiro atoms. The summed E-state index contributed by atoms with van der Waals surface area (Å²) in [5, 5.41) is 18.0. The molecule has 0 aromatic heterocycles. The Bertz CT molecular complexity index is 4160. The van der Waals surface area contributed by atoms with Crippen LogP contribution in [-0.2, 0) is 18.9 Å². The highest BCUT2D eigenvalue weighted by Crippen LogP contribution is 2.62. The predicted molar refractivity (Wildman–Crippen MR) is 509 cm³/mol. The maximum absolute atomic E-state index is 9.01. The Labute approximate surface area is 744 Å². The number of rotatable bonds is 32. The molecule has 10 aliphatic rings. The molecule has 18 rings (SSSR count).